The molecular formula is C18H23N2O2+. The van der Waals surface area contributed by atoms with Gasteiger partial charge < -0.3 is 15.3 Å². The second kappa shape index (κ2) is 6.38. The lowest BCUT2D eigenvalue weighted by atomic mass is 9.81. The van der Waals surface area contributed by atoms with Gasteiger partial charge in [0, 0.05) is 25.2 Å². The van der Waals surface area contributed by atoms with Gasteiger partial charge in [0.15, 0.2) is 18.5 Å². The minimum absolute atomic E-state index is 0.127. The van der Waals surface area contributed by atoms with Crippen molar-refractivity contribution in [2.75, 3.05) is 7.11 Å². The molecule has 0 amide bonds. The van der Waals surface area contributed by atoms with Crippen molar-refractivity contribution in [2.24, 2.45) is 5.92 Å². The molecule has 0 radical (unpaired) electrons. The van der Waals surface area contributed by atoms with Crippen LogP contribution in [0, 0.1) is 18.3 Å². The molecule has 1 aromatic rings. The van der Waals surface area contributed by atoms with Crippen LogP contribution in [0.2, 0.25) is 0 Å². The van der Waals surface area contributed by atoms with Crippen LogP contribution in [0.15, 0.2) is 38.1 Å². The Morgan fingerprint density at radius 3 is 2.73 bits per heavy atom. The van der Waals surface area contributed by atoms with Gasteiger partial charge in [-0.2, -0.15) is 4.57 Å². The van der Waals surface area contributed by atoms with E-state index in [2.05, 4.69) is 24.3 Å². The van der Waals surface area contributed by atoms with Gasteiger partial charge in [0.2, 0.25) is 5.69 Å². The first kappa shape index (κ1) is 16.3. The predicted octanol–water partition coefficient (Wildman–Crippen LogP) is 2.67. The Labute approximate surface area is 131 Å². The molecule has 3 unspecified atom stereocenters. The summed E-state index contributed by atoms with van der Waals surface area (Å²) in [6.07, 6.45) is 5.14. The molecule has 2 N–H and O–H groups in total. The van der Waals surface area contributed by atoms with E-state index in [1.807, 2.05) is 19.2 Å². The topological polar surface area (TPSA) is 57.2 Å². The number of fused-ring (bicyclic) bond motifs is 1. The number of hydrogen-bond acceptors (Lipinski definition) is 3. The normalized spacial score (nSPS) is 22.1. The van der Waals surface area contributed by atoms with Crippen molar-refractivity contribution in [1.29, 1.82) is 5.41 Å². The molecule has 4 nitrogen and oxygen atoms in total. The number of nitrogens with one attached hydrogen (secondary N) is 1. The van der Waals surface area contributed by atoms with E-state index in [1.54, 1.807) is 12.2 Å². The Morgan fingerprint density at radius 1 is 1.50 bits per heavy atom. The standard InChI is InChI=1S/C18H23N2O2/c1-6-8-14-15(18(21)22-5)16(19)12(4)17-11(3)13(7-2)9-10-20(14)17/h6-7,9-10,14-15,18-19,21H,1-2,4,8H2,3,5H3/q+1. The highest BCUT2D eigenvalue weighted by Crippen LogP contribution is 2.34. The third kappa shape index (κ3) is 2.45. The van der Waals surface area contributed by atoms with Crippen molar-refractivity contribution in [1.82, 2.24) is 0 Å². The monoisotopic (exact) mass is 299 g/mol. The van der Waals surface area contributed by atoms with E-state index in [4.69, 9.17) is 10.1 Å². The van der Waals surface area contributed by atoms with Gasteiger partial charge in [-0.3, -0.25) is 0 Å². The van der Waals surface area contributed by atoms with Crippen LogP contribution >= 0.6 is 0 Å². The largest absolute Gasteiger partial charge is 0.367 e. The van der Waals surface area contributed by atoms with E-state index < -0.39 is 12.2 Å². The Bertz CT molecular complexity index is 649. The molecule has 3 atom stereocenters. The predicted molar refractivity (Wildman–Crippen MR) is 88.6 cm³/mol. The van der Waals surface area contributed by atoms with E-state index in [0.717, 1.165) is 16.8 Å². The van der Waals surface area contributed by atoms with Gasteiger partial charge in [-0.15, -0.1) is 6.58 Å². The number of methoxy groups -OCH3 is 1. The van der Waals surface area contributed by atoms with Crippen molar-refractivity contribution in [2.45, 2.75) is 25.7 Å². The molecular weight excluding hydrogens is 276 g/mol. The van der Waals surface area contributed by atoms with E-state index in [-0.39, 0.29) is 6.04 Å². The van der Waals surface area contributed by atoms with Crippen LogP contribution in [0.5, 0.6) is 0 Å². The lowest BCUT2D eigenvalue weighted by molar-refractivity contribution is -0.733. The summed E-state index contributed by atoms with van der Waals surface area (Å²) in [6.45, 7) is 13.7. The molecule has 22 heavy (non-hydrogen) atoms. The summed E-state index contributed by atoms with van der Waals surface area (Å²) in [6, 6.07) is 1.86. The first-order valence-corrected chi connectivity index (χ1v) is 7.24. The fourth-order valence-electron chi connectivity index (χ4n) is 3.17. The second-order valence-corrected chi connectivity index (χ2v) is 5.49. The molecule has 0 saturated heterocycles. The van der Waals surface area contributed by atoms with Crippen molar-refractivity contribution in [3.8, 4) is 0 Å². The number of ether oxygens (including phenoxy) is 1. The number of hydrogen-bond donors (Lipinski definition) is 2. The number of aliphatic hydroxyl groups is 1. The van der Waals surface area contributed by atoms with Crippen LogP contribution in [0.4, 0.5) is 0 Å². The fraction of sp³-hybridized carbons (Fsp3) is 0.333. The first-order chi connectivity index (χ1) is 10.5. The van der Waals surface area contributed by atoms with Crippen molar-refractivity contribution in [3.05, 3.63) is 54.9 Å². The smallest absolute Gasteiger partial charge is 0.217 e. The highest BCUT2D eigenvalue weighted by Gasteiger charge is 2.46. The van der Waals surface area contributed by atoms with Crippen LogP contribution in [-0.2, 0) is 4.74 Å². The summed E-state index contributed by atoms with van der Waals surface area (Å²) < 4.78 is 7.15. The van der Waals surface area contributed by atoms with E-state index in [9.17, 15) is 5.11 Å². The van der Waals surface area contributed by atoms with E-state index >= 15 is 0 Å². The van der Waals surface area contributed by atoms with Crippen molar-refractivity contribution < 1.29 is 14.4 Å². The molecule has 0 saturated carbocycles. The quantitative estimate of drug-likeness (QED) is 0.499. The third-order valence-electron chi connectivity index (χ3n) is 4.35. The van der Waals surface area contributed by atoms with Gasteiger partial charge in [0.05, 0.1) is 11.3 Å². The van der Waals surface area contributed by atoms with Crippen LogP contribution in [0.25, 0.3) is 11.6 Å². The maximum atomic E-state index is 10.2. The lowest BCUT2D eigenvalue weighted by Crippen LogP contribution is -2.56. The summed E-state index contributed by atoms with van der Waals surface area (Å²) in [5.74, 6) is -0.470. The zero-order chi connectivity index (χ0) is 16.4. The molecule has 1 aliphatic rings. The van der Waals surface area contributed by atoms with Gasteiger partial charge in [-0.1, -0.05) is 25.3 Å². The summed E-state index contributed by atoms with van der Waals surface area (Å²) >= 11 is 0. The van der Waals surface area contributed by atoms with Crippen molar-refractivity contribution in [3.63, 3.8) is 0 Å². The fourth-order valence-corrected chi connectivity index (χ4v) is 3.17. The van der Waals surface area contributed by atoms with Crippen LogP contribution < -0.4 is 4.57 Å². The van der Waals surface area contributed by atoms with E-state index in [0.29, 0.717) is 17.7 Å². The number of pyridine rings is 1. The summed E-state index contributed by atoms with van der Waals surface area (Å²) in [7, 11) is 1.44. The Kier molecular flexibility index (Phi) is 4.74. The molecule has 2 heterocycles. The van der Waals surface area contributed by atoms with Crippen LogP contribution in [-0.4, -0.2) is 24.2 Å². The summed E-state index contributed by atoms with van der Waals surface area (Å²) in [5, 5.41) is 18.6. The van der Waals surface area contributed by atoms with Gasteiger partial charge in [0.1, 0.15) is 5.92 Å². The molecule has 0 aliphatic carbocycles. The zero-order valence-electron chi connectivity index (χ0n) is 13.2. The first-order valence-electron chi connectivity index (χ1n) is 7.24. The van der Waals surface area contributed by atoms with Gasteiger partial charge in [-0.25, -0.2) is 0 Å². The molecule has 2 rings (SSSR count). The highest BCUT2D eigenvalue weighted by molar-refractivity contribution is 6.22. The Hall–Kier alpha value is -2.04. The minimum atomic E-state index is -1.05. The average molecular weight is 299 g/mol. The molecule has 0 fully saturated rings. The molecule has 0 spiro atoms. The SMILES string of the molecule is C=CCC1C(C(O)OC)C(=N)C(=C)c2c(C)c(C=C)cc[n+]21. The maximum Gasteiger partial charge on any atom is 0.217 e. The van der Waals surface area contributed by atoms with Crippen LogP contribution in [0.3, 0.4) is 0 Å². The highest BCUT2D eigenvalue weighted by atomic mass is 16.6. The third-order valence-corrected chi connectivity index (χ3v) is 4.35. The Balaban J connectivity index is 2.69. The number of nitrogens with zero attached hydrogens (tertiary/aromatic N) is 1. The van der Waals surface area contributed by atoms with E-state index in [1.165, 1.54) is 7.11 Å². The lowest BCUT2D eigenvalue weighted by Gasteiger charge is -2.32. The molecule has 4 heteroatoms. The summed E-state index contributed by atoms with van der Waals surface area (Å²) in [4.78, 5) is 0. The summed E-state index contributed by atoms with van der Waals surface area (Å²) in [5.41, 5.74) is 3.89. The second-order valence-electron chi connectivity index (χ2n) is 5.49. The number of rotatable bonds is 5. The molecule has 0 bridgehead atoms. The minimum Gasteiger partial charge on any atom is -0.367 e. The zero-order valence-corrected chi connectivity index (χ0v) is 13.2. The molecule has 1 aromatic heterocycles. The maximum absolute atomic E-state index is 10.2. The van der Waals surface area contributed by atoms with Gasteiger partial charge in [0.25, 0.3) is 0 Å². The van der Waals surface area contributed by atoms with Crippen molar-refractivity contribution >= 4 is 17.4 Å². The van der Waals surface area contributed by atoms with Crippen LogP contribution in [0.1, 0.15) is 29.3 Å². The van der Waals surface area contributed by atoms with Gasteiger partial charge in [-0.05, 0) is 12.5 Å². The Morgan fingerprint density at radius 2 is 2.18 bits per heavy atom. The number of aromatic nitrogens is 1. The van der Waals surface area contributed by atoms with Gasteiger partial charge >= 0.3 is 0 Å². The number of allylic oxidation sites excluding steroid dienone is 2. The average Bonchev–Trinajstić information content (AvgIpc) is 2.52. The number of aliphatic hydroxyl groups excluding tert-OH is 1. The molecule has 0 aromatic carbocycles. The molecule has 1 aliphatic heterocycles. The molecule has 116 valence electrons.